The van der Waals surface area contributed by atoms with Crippen molar-refractivity contribution < 1.29 is 14.3 Å². The van der Waals surface area contributed by atoms with Gasteiger partial charge in [0.15, 0.2) is 5.69 Å². The summed E-state index contributed by atoms with van der Waals surface area (Å²) in [4.78, 5) is 26.8. The molecule has 3 aromatic rings. The van der Waals surface area contributed by atoms with Crippen LogP contribution in [0.1, 0.15) is 32.9 Å². The molecule has 162 valence electrons. The van der Waals surface area contributed by atoms with Gasteiger partial charge in [0.1, 0.15) is 5.75 Å². The van der Waals surface area contributed by atoms with E-state index in [9.17, 15) is 9.59 Å². The first-order valence-corrected chi connectivity index (χ1v) is 9.91. The van der Waals surface area contributed by atoms with E-state index in [2.05, 4.69) is 15.6 Å². The molecular weight excluding hydrogens is 394 g/mol. The molecule has 3 rings (SSSR count). The van der Waals surface area contributed by atoms with E-state index in [1.807, 2.05) is 51.1 Å². The lowest BCUT2D eigenvalue weighted by Crippen LogP contribution is -2.35. The van der Waals surface area contributed by atoms with Gasteiger partial charge in [0, 0.05) is 18.8 Å². The number of nitrogens with one attached hydrogen (secondary N) is 1. The molecule has 0 aliphatic heterocycles. The molecule has 0 saturated heterocycles. The highest BCUT2D eigenvalue weighted by atomic mass is 16.5. The molecule has 8 nitrogen and oxygen atoms in total. The van der Waals surface area contributed by atoms with E-state index < -0.39 is 0 Å². The minimum Gasteiger partial charge on any atom is -0.497 e. The lowest BCUT2D eigenvalue weighted by Gasteiger charge is -2.18. The van der Waals surface area contributed by atoms with Gasteiger partial charge in [0.25, 0.3) is 5.91 Å². The Morgan fingerprint density at radius 2 is 1.77 bits per heavy atom. The van der Waals surface area contributed by atoms with Crippen LogP contribution >= 0.6 is 0 Å². The van der Waals surface area contributed by atoms with Crippen LogP contribution in [0.4, 0.5) is 5.69 Å². The van der Waals surface area contributed by atoms with Crippen LogP contribution < -0.4 is 10.1 Å². The van der Waals surface area contributed by atoms with Gasteiger partial charge in [0.2, 0.25) is 5.91 Å². The second kappa shape index (κ2) is 8.99. The molecule has 1 heterocycles. The topological polar surface area (TPSA) is 89.3 Å². The van der Waals surface area contributed by atoms with Crippen molar-refractivity contribution in [3.8, 4) is 11.4 Å². The average molecular weight is 422 g/mol. The second-order valence-electron chi connectivity index (χ2n) is 7.62. The maximum atomic E-state index is 12.9. The Bertz CT molecular complexity index is 1110. The van der Waals surface area contributed by atoms with Gasteiger partial charge >= 0.3 is 0 Å². The third-order valence-electron chi connectivity index (χ3n) is 5.06. The Kier molecular flexibility index (Phi) is 6.39. The first kappa shape index (κ1) is 22.0. The molecule has 2 amide bonds. The number of anilines is 1. The fraction of sp³-hybridized carbons (Fsp3) is 0.304. The van der Waals surface area contributed by atoms with Gasteiger partial charge in [0.05, 0.1) is 25.0 Å². The smallest absolute Gasteiger partial charge is 0.276 e. The second-order valence-corrected chi connectivity index (χ2v) is 7.62. The maximum Gasteiger partial charge on any atom is 0.276 e. The van der Waals surface area contributed by atoms with Crippen molar-refractivity contribution in [1.29, 1.82) is 0 Å². The summed E-state index contributed by atoms with van der Waals surface area (Å²) in [5.41, 5.74) is 5.38. The zero-order valence-electron chi connectivity index (χ0n) is 18.7. The summed E-state index contributed by atoms with van der Waals surface area (Å²) >= 11 is 0. The van der Waals surface area contributed by atoms with Gasteiger partial charge in [-0.2, -0.15) is 0 Å². The highest BCUT2D eigenvalue weighted by Gasteiger charge is 2.23. The Morgan fingerprint density at radius 1 is 1.10 bits per heavy atom. The van der Waals surface area contributed by atoms with Crippen molar-refractivity contribution in [3.63, 3.8) is 0 Å². The maximum absolute atomic E-state index is 12.9. The SMILES string of the molecule is COc1cccc(-n2nnc(C(=O)N(C)CC(=O)Nc3c(C)cc(C)cc3C)c2C)c1. The predicted octanol–water partition coefficient (Wildman–Crippen LogP) is 3.22. The van der Waals surface area contributed by atoms with Gasteiger partial charge in [-0.1, -0.05) is 29.0 Å². The van der Waals surface area contributed by atoms with Gasteiger partial charge in [-0.25, -0.2) is 4.68 Å². The molecule has 0 aliphatic carbocycles. The summed E-state index contributed by atoms with van der Waals surface area (Å²) in [5.74, 6) is 0.0265. The molecule has 1 N–H and O–H groups in total. The van der Waals surface area contributed by atoms with E-state index in [0.29, 0.717) is 11.4 Å². The Labute approximate surface area is 181 Å². The summed E-state index contributed by atoms with van der Waals surface area (Å²) < 4.78 is 6.82. The molecule has 0 spiro atoms. The number of likely N-dealkylation sites (N-methyl/N-ethyl adjacent to an activating group) is 1. The summed E-state index contributed by atoms with van der Waals surface area (Å²) in [6.45, 7) is 7.57. The number of benzene rings is 2. The number of nitrogens with zero attached hydrogens (tertiary/aromatic N) is 4. The van der Waals surface area contributed by atoms with E-state index in [4.69, 9.17) is 4.74 Å². The summed E-state index contributed by atoms with van der Waals surface area (Å²) in [6, 6.07) is 11.3. The highest BCUT2D eigenvalue weighted by Crippen LogP contribution is 2.22. The summed E-state index contributed by atoms with van der Waals surface area (Å²) in [7, 11) is 3.16. The number of ether oxygens (including phenoxy) is 1. The monoisotopic (exact) mass is 421 g/mol. The van der Waals surface area contributed by atoms with Crippen LogP contribution in [0.3, 0.4) is 0 Å². The number of hydrogen-bond acceptors (Lipinski definition) is 5. The molecule has 0 saturated carbocycles. The normalized spacial score (nSPS) is 10.6. The lowest BCUT2D eigenvalue weighted by molar-refractivity contribution is -0.116. The molecule has 0 fully saturated rings. The van der Waals surface area contributed by atoms with Crippen molar-refractivity contribution in [2.45, 2.75) is 27.7 Å². The van der Waals surface area contributed by atoms with Crippen molar-refractivity contribution >= 4 is 17.5 Å². The van der Waals surface area contributed by atoms with Gasteiger partial charge in [-0.05, 0) is 51.0 Å². The molecule has 31 heavy (non-hydrogen) atoms. The molecule has 0 unspecified atom stereocenters. The quantitative estimate of drug-likeness (QED) is 0.660. The molecule has 0 aliphatic rings. The van der Waals surface area contributed by atoms with E-state index in [1.54, 1.807) is 31.8 Å². The Morgan fingerprint density at radius 3 is 2.42 bits per heavy atom. The van der Waals surface area contributed by atoms with Gasteiger partial charge < -0.3 is 15.0 Å². The Hall–Kier alpha value is -3.68. The average Bonchev–Trinajstić information content (AvgIpc) is 3.11. The molecule has 8 heteroatoms. The summed E-state index contributed by atoms with van der Waals surface area (Å²) in [6.07, 6.45) is 0. The number of hydrogen-bond donors (Lipinski definition) is 1. The lowest BCUT2D eigenvalue weighted by atomic mass is 10.1. The molecule has 0 bridgehead atoms. The van der Waals surface area contributed by atoms with Crippen molar-refractivity contribution in [3.05, 3.63) is 64.5 Å². The van der Waals surface area contributed by atoms with Crippen LogP contribution in [0.2, 0.25) is 0 Å². The fourth-order valence-corrected chi connectivity index (χ4v) is 3.54. The number of amides is 2. The van der Waals surface area contributed by atoms with Crippen LogP contribution in [-0.2, 0) is 4.79 Å². The third-order valence-corrected chi connectivity index (χ3v) is 5.06. The van der Waals surface area contributed by atoms with E-state index in [1.165, 1.54) is 4.90 Å². The van der Waals surface area contributed by atoms with E-state index >= 15 is 0 Å². The molecule has 1 aromatic heterocycles. The molecule has 0 atom stereocenters. The first-order valence-electron chi connectivity index (χ1n) is 9.91. The van der Waals surface area contributed by atoms with Crippen LogP contribution in [-0.4, -0.2) is 52.4 Å². The van der Waals surface area contributed by atoms with Gasteiger partial charge in [-0.3, -0.25) is 9.59 Å². The van der Waals surface area contributed by atoms with E-state index in [-0.39, 0.29) is 24.1 Å². The minimum atomic E-state index is -0.376. The van der Waals surface area contributed by atoms with Crippen LogP contribution in [0.15, 0.2) is 36.4 Å². The number of carbonyl (C=O) groups is 2. The number of methoxy groups -OCH3 is 1. The van der Waals surface area contributed by atoms with Crippen LogP contribution in [0, 0.1) is 27.7 Å². The Balaban J connectivity index is 1.73. The van der Waals surface area contributed by atoms with Crippen molar-refractivity contribution in [2.75, 3.05) is 26.0 Å². The number of aryl methyl sites for hydroxylation is 3. The van der Waals surface area contributed by atoms with Gasteiger partial charge in [-0.15, -0.1) is 5.10 Å². The molecular formula is C23H27N5O3. The predicted molar refractivity (Wildman–Crippen MR) is 119 cm³/mol. The number of carbonyl (C=O) groups excluding carboxylic acids is 2. The highest BCUT2D eigenvalue weighted by molar-refractivity contribution is 5.99. The summed E-state index contributed by atoms with van der Waals surface area (Å²) in [5, 5.41) is 11.1. The van der Waals surface area contributed by atoms with Crippen molar-refractivity contribution in [1.82, 2.24) is 19.9 Å². The zero-order valence-corrected chi connectivity index (χ0v) is 18.7. The first-order chi connectivity index (χ1) is 14.7. The molecule has 0 radical (unpaired) electrons. The van der Waals surface area contributed by atoms with Crippen molar-refractivity contribution in [2.24, 2.45) is 0 Å². The van der Waals surface area contributed by atoms with E-state index in [0.717, 1.165) is 28.1 Å². The largest absolute Gasteiger partial charge is 0.497 e. The zero-order chi connectivity index (χ0) is 22.7. The van der Waals surface area contributed by atoms with Crippen LogP contribution in [0.25, 0.3) is 5.69 Å². The standard InChI is InChI=1S/C23H27N5O3/c1-14-10-15(2)21(16(3)11-14)24-20(29)13-27(5)23(30)22-17(4)28(26-25-22)18-8-7-9-19(12-18)31-6/h7-12H,13H2,1-6H3,(H,24,29). The number of aromatic nitrogens is 3. The fourth-order valence-electron chi connectivity index (χ4n) is 3.54. The third kappa shape index (κ3) is 4.74. The number of rotatable bonds is 6. The molecule has 2 aromatic carbocycles. The van der Waals surface area contributed by atoms with Crippen LogP contribution in [0.5, 0.6) is 5.75 Å². The minimum absolute atomic E-state index is 0.100.